The average molecular weight is 281 g/mol. The van der Waals surface area contributed by atoms with E-state index in [1.54, 1.807) is 11.8 Å². The van der Waals surface area contributed by atoms with Gasteiger partial charge in [0.25, 0.3) is 0 Å². The van der Waals surface area contributed by atoms with Gasteiger partial charge in [0.1, 0.15) is 5.03 Å². The van der Waals surface area contributed by atoms with Crippen LogP contribution in [0.5, 0.6) is 0 Å². The highest BCUT2D eigenvalue weighted by molar-refractivity contribution is 14.1. The Morgan fingerprint density at radius 2 is 2.09 bits per heavy atom. The van der Waals surface area contributed by atoms with Gasteiger partial charge in [-0.25, -0.2) is 0 Å². The topological polar surface area (TPSA) is 51.8 Å². The molecule has 0 bridgehead atoms. The van der Waals surface area contributed by atoms with Gasteiger partial charge in [-0.05, 0) is 35.8 Å². The fourth-order valence-electron chi connectivity index (χ4n) is 0.698. The van der Waals surface area contributed by atoms with E-state index in [-0.39, 0.29) is 0 Å². The van der Waals surface area contributed by atoms with Gasteiger partial charge in [-0.1, -0.05) is 0 Å². The largest absolute Gasteiger partial charge is 0.381 e. The molecule has 0 atom stereocenters. The Bertz CT molecular complexity index is 277. The van der Waals surface area contributed by atoms with Crippen molar-refractivity contribution in [3.05, 3.63) is 9.13 Å². The number of anilines is 1. The van der Waals surface area contributed by atoms with E-state index in [9.17, 15) is 0 Å². The van der Waals surface area contributed by atoms with Crippen molar-refractivity contribution >= 4 is 40.2 Å². The standard InChI is InChI=1S/C6H8IN3S/c1-3-4(7)5(8)9-10-6(3)11-2/h1-2H3,(H2,8,9). The first-order chi connectivity index (χ1) is 5.16. The molecule has 0 saturated heterocycles. The molecule has 0 spiro atoms. The molecule has 0 aliphatic heterocycles. The maximum absolute atomic E-state index is 5.55. The Morgan fingerprint density at radius 1 is 1.45 bits per heavy atom. The Labute approximate surface area is 83.3 Å². The summed E-state index contributed by atoms with van der Waals surface area (Å²) in [7, 11) is 0. The van der Waals surface area contributed by atoms with E-state index < -0.39 is 0 Å². The molecule has 0 aliphatic carbocycles. The molecule has 0 amide bonds. The van der Waals surface area contributed by atoms with Crippen LogP contribution in [0.3, 0.4) is 0 Å². The zero-order valence-corrected chi connectivity index (χ0v) is 9.23. The molecule has 1 rings (SSSR count). The molecule has 0 unspecified atom stereocenters. The van der Waals surface area contributed by atoms with Crippen molar-refractivity contribution in [2.24, 2.45) is 0 Å². The lowest BCUT2D eigenvalue weighted by atomic mass is 10.3. The first-order valence-electron chi connectivity index (χ1n) is 2.99. The number of hydrogen-bond donors (Lipinski definition) is 1. The van der Waals surface area contributed by atoms with Gasteiger partial charge in [-0.15, -0.1) is 22.0 Å². The lowest BCUT2D eigenvalue weighted by Crippen LogP contribution is -2.00. The molecule has 5 heteroatoms. The molecule has 0 aliphatic rings. The zero-order chi connectivity index (χ0) is 8.43. The highest BCUT2D eigenvalue weighted by Crippen LogP contribution is 2.23. The van der Waals surface area contributed by atoms with Crippen LogP contribution < -0.4 is 5.73 Å². The lowest BCUT2D eigenvalue weighted by molar-refractivity contribution is 0.908. The van der Waals surface area contributed by atoms with Crippen LogP contribution >= 0.6 is 34.4 Å². The second-order valence-electron chi connectivity index (χ2n) is 2.03. The van der Waals surface area contributed by atoms with Crippen molar-refractivity contribution in [1.82, 2.24) is 10.2 Å². The first-order valence-corrected chi connectivity index (χ1v) is 5.29. The second-order valence-corrected chi connectivity index (χ2v) is 3.91. The summed E-state index contributed by atoms with van der Waals surface area (Å²) in [6.45, 7) is 2.00. The molecule has 0 saturated carbocycles. The summed E-state index contributed by atoms with van der Waals surface area (Å²) < 4.78 is 1.00. The highest BCUT2D eigenvalue weighted by Gasteiger charge is 2.06. The van der Waals surface area contributed by atoms with Crippen LogP contribution in [-0.2, 0) is 0 Å². The second kappa shape index (κ2) is 3.57. The van der Waals surface area contributed by atoms with E-state index in [2.05, 4.69) is 32.8 Å². The van der Waals surface area contributed by atoms with Crippen molar-refractivity contribution in [1.29, 1.82) is 0 Å². The zero-order valence-electron chi connectivity index (χ0n) is 6.26. The number of nitrogens with two attached hydrogens (primary N) is 1. The molecule has 3 nitrogen and oxygen atoms in total. The third-order valence-electron chi connectivity index (χ3n) is 1.32. The quantitative estimate of drug-likeness (QED) is 0.628. The molecule has 0 radical (unpaired) electrons. The maximum atomic E-state index is 5.55. The van der Waals surface area contributed by atoms with Crippen molar-refractivity contribution < 1.29 is 0 Å². The van der Waals surface area contributed by atoms with Crippen molar-refractivity contribution in [3.8, 4) is 0 Å². The molecule has 0 fully saturated rings. The average Bonchev–Trinajstić information content (AvgIpc) is 2.01. The van der Waals surface area contributed by atoms with Gasteiger partial charge in [-0.2, -0.15) is 0 Å². The van der Waals surface area contributed by atoms with Gasteiger partial charge >= 0.3 is 0 Å². The Hall–Kier alpha value is -0.0400. The fraction of sp³-hybridized carbons (Fsp3) is 0.333. The van der Waals surface area contributed by atoms with E-state index in [1.807, 2.05) is 13.2 Å². The SMILES string of the molecule is CSc1nnc(N)c(I)c1C. The first kappa shape index (κ1) is 9.05. The molecule has 1 aromatic rings. The fourth-order valence-corrected chi connectivity index (χ4v) is 1.78. The molecular weight excluding hydrogens is 273 g/mol. The van der Waals surface area contributed by atoms with Gasteiger partial charge in [0, 0.05) is 5.56 Å². The Morgan fingerprint density at radius 3 is 2.64 bits per heavy atom. The number of hydrogen-bond acceptors (Lipinski definition) is 4. The van der Waals surface area contributed by atoms with Crippen LogP contribution in [0.15, 0.2) is 5.03 Å². The predicted octanol–water partition coefficient (Wildman–Crippen LogP) is 1.69. The summed E-state index contributed by atoms with van der Waals surface area (Å²) in [4.78, 5) is 0. The Kier molecular flexibility index (Phi) is 2.94. The minimum atomic E-state index is 0.515. The van der Waals surface area contributed by atoms with Crippen molar-refractivity contribution in [2.45, 2.75) is 11.9 Å². The summed E-state index contributed by atoms with van der Waals surface area (Å²) in [5.41, 5.74) is 6.67. The van der Waals surface area contributed by atoms with Gasteiger partial charge in [-0.3, -0.25) is 0 Å². The maximum Gasteiger partial charge on any atom is 0.159 e. The summed E-state index contributed by atoms with van der Waals surface area (Å²) in [6, 6.07) is 0. The van der Waals surface area contributed by atoms with Gasteiger partial charge in [0.2, 0.25) is 0 Å². The number of nitrogen functional groups attached to an aromatic ring is 1. The van der Waals surface area contributed by atoms with Crippen LogP contribution in [0.25, 0.3) is 0 Å². The molecular formula is C6H8IN3S. The van der Waals surface area contributed by atoms with Crippen LogP contribution in [0.4, 0.5) is 5.82 Å². The van der Waals surface area contributed by atoms with Crippen molar-refractivity contribution in [2.75, 3.05) is 12.0 Å². The number of thioether (sulfide) groups is 1. The lowest BCUT2D eigenvalue weighted by Gasteiger charge is -2.03. The van der Waals surface area contributed by atoms with Crippen LogP contribution in [0.1, 0.15) is 5.56 Å². The summed E-state index contributed by atoms with van der Waals surface area (Å²) in [5.74, 6) is 0.515. The van der Waals surface area contributed by atoms with E-state index in [1.165, 1.54) is 0 Å². The predicted molar refractivity (Wildman–Crippen MR) is 55.7 cm³/mol. The minimum absolute atomic E-state index is 0.515. The smallest absolute Gasteiger partial charge is 0.159 e. The highest BCUT2D eigenvalue weighted by atomic mass is 127. The summed E-state index contributed by atoms with van der Waals surface area (Å²) >= 11 is 3.76. The third-order valence-corrected chi connectivity index (χ3v) is 3.45. The number of halogens is 1. The monoisotopic (exact) mass is 281 g/mol. The van der Waals surface area contributed by atoms with E-state index in [0.29, 0.717) is 5.82 Å². The van der Waals surface area contributed by atoms with Crippen molar-refractivity contribution in [3.63, 3.8) is 0 Å². The molecule has 1 heterocycles. The van der Waals surface area contributed by atoms with Crippen LogP contribution in [-0.4, -0.2) is 16.5 Å². The minimum Gasteiger partial charge on any atom is -0.381 e. The van der Waals surface area contributed by atoms with Crippen LogP contribution in [0, 0.1) is 10.5 Å². The molecule has 11 heavy (non-hydrogen) atoms. The normalized spacial score (nSPS) is 10.1. The van der Waals surface area contributed by atoms with Crippen LogP contribution in [0.2, 0.25) is 0 Å². The molecule has 1 aromatic heterocycles. The van der Waals surface area contributed by atoms with Gasteiger partial charge < -0.3 is 5.73 Å². The molecule has 60 valence electrons. The van der Waals surface area contributed by atoms with E-state index in [0.717, 1.165) is 14.2 Å². The van der Waals surface area contributed by atoms with Gasteiger partial charge in [0.15, 0.2) is 5.82 Å². The van der Waals surface area contributed by atoms with Gasteiger partial charge in [0.05, 0.1) is 3.57 Å². The molecule has 2 N–H and O–H groups in total. The van der Waals surface area contributed by atoms with E-state index >= 15 is 0 Å². The number of aromatic nitrogens is 2. The molecule has 0 aromatic carbocycles. The van der Waals surface area contributed by atoms with E-state index in [4.69, 9.17) is 5.73 Å². The Balaban J connectivity index is 3.25. The number of rotatable bonds is 1. The number of nitrogens with zero attached hydrogens (tertiary/aromatic N) is 2. The summed E-state index contributed by atoms with van der Waals surface area (Å²) in [5, 5.41) is 8.70. The third kappa shape index (κ3) is 1.76. The summed E-state index contributed by atoms with van der Waals surface area (Å²) in [6.07, 6.45) is 1.98.